The first-order chi connectivity index (χ1) is 9.09. The third-order valence-corrected chi connectivity index (χ3v) is 3.80. The lowest BCUT2D eigenvalue weighted by Crippen LogP contribution is -2.30. The topological polar surface area (TPSA) is 95.3 Å². The summed E-state index contributed by atoms with van der Waals surface area (Å²) in [5, 5.41) is 25.3. The van der Waals surface area contributed by atoms with Gasteiger partial charge in [0.05, 0.1) is 22.1 Å². The van der Waals surface area contributed by atoms with E-state index in [4.69, 9.17) is 0 Å². The first kappa shape index (κ1) is 11.7. The third-order valence-electron chi connectivity index (χ3n) is 3.80. The number of carbonyl (C=O) groups is 1. The number of hydrogen-bond donors (Lipinski definition) is 1. The molecule has 0 aromatic heterocycles. The fourth-order valence-electron chi connectivity index (χ4n) is 2.94. The Labute approximate surface area is 108 Å². The van der Waals surface area contributed by atoms with Gasteiger partial charge in [-0.25, -0.2) is 0 Å². The molecule has 0 bridgehead atoms. The molecule has 19 heavy (non-hydrogen) atoms. The lowest BCUT2D eigenvalue weighted by molar-refractivity contribution is -0.385. The number of allylic oxidation sites excluding steroid dienone is 2. The standard InChI is InChI=1S/C13H12N2O4/c16-13(17)9-4-5-10(15(18)19)11-8-3-1-2-7(8)6-14-12(9)11/h1,3-5,7-8,14H,2,6H2,(H,16,17)/p-1. The lowest BCUT2D eigenvalue weighted by Gasteiger charge is -2.30. The van der Waals surface area contributed by atoms with Gasteiger partial charge in [-0.3, -0.25) is 10.1 Å². The molecular formula is C13H11N2O4-. The number of aromatic carboxylic acids is 1. The summed E-state index contributed by atoms with van der Waals surface area (Å²) in [6.45, 7) is 0.617. The summed E-state index contributed by atoms with van der Waals surface area (Å²) in [4.78, 5) is 21.8. The molecule has 2 aliphatic rings. The highest BCUT2D eigenvalue weighted by Crippen LogP contribution is 2.46. The molecule has 0 amide bonds. The van der Waals surface area contributed by atoms with Crippen LogP contribution in [0.25, 0.3) is 0 Å². The van der Waals surface area contributed by atoms with Gasteiger partial charge >= 0.3 is 0 Å². The maximum absolute atomic E-state index is 11.1. The number of carboxylic acid groups (broad SMARTS) is 1. The number of nitrogens with one attached hydrogen (secondary N) is 1. The Bertz CT molecular complexity index is 609. The van der Waals surface area contributed by atoms with Crippen LogP contribution in [0.5, 0.6) is 0 Å². The molecule has 6 heteroatoms. The van der Waals surface area contributed by atoms with Gasteiger partial charge in [0.2, 0.25) is 0 Å². The lowest BCUT2D eigenvalue weighted by atomic mass is 9.82. The van der Waals surface area contributed by atoms with Crippen LogP contribution in [-0.2, 0) is 0 Å². The maximum Gasteiger partial charge on any atom is 0.275 e. The molecule has 1 heterocycles. The Balaban J connectivity index is 2.25. The molecule has 0 saturated heterocycles. The van der Waals surface area contributed by atoms with Gasteiger partial charge in [0.25, 0.3) is 5.69 Å². The number of nitro benzene ring substituents is 1. The predicted octanol–water partition coefficient (Wildman–Crippen LogP) is 1.04. The highest BCUT2D eigenvalue weighted by molar-refractivity contribution is 5.95. The second kappa shape index (κ2) is 4.08. The van der Waals surface area contributed by atoms with Gasteiger partial charge in [-0.15, -0.1) is 0 Å². The third kappa shape index (κ3) is 1.68. The maximum atomic E-state index is 11.1. The van der Waals surface area contributed by atoms with Crippen LogP contribution in [-0.4, -0.2) is 17.4 Å². The van der Waals surface area contributed by atoms with Crippen molar-refractivity contribution in [1.29, 1.82) is 0 Å². The largest absolute Gasteiger partial charge is 0.545 e. The molecule has 1 aromatic rings. The first-order valence-corrected chi connectivity index (χ1v) is 6.02. The fraction of sp³-hybridized carbons (Fsp3) is 0.308. The minimum absolute atomic E-state index is 0.0145. The smallest absolute Gasteiger partial charge is 0.275 e. The zero-order chi connectivity index (χ0) is 13.6. The first-order valence-electron chi connectivity index (χ1n) is 6.02. The molecule has 0 fully saturated rings. The van der Waals surface area contributed by atoms with E-state index in [9.17, 15) is 20.0 Å². The summed E-state index contributed by atoms with van der Waals surface area (Å²) in [5.74, 6) is -1.15. The quantitative estimate of drug-likeness (QED) is 0.486. The summed E-state index contributed by atoms with van der Waals surface area (Å²) in [7, 11) is 0. The van der Waals surface area contributed by atoms with Crippen molar-refractivity contribution in [2.24, 2.45) is 5.92 Å². The number of carbonyl (C=O) groups excluding carboxylic acids is 1. The number of fused-ring (bicyclic) bond motifs is 3. The molecule has 2 unspecified atom stereocenters. The SMILES string of the molecule is O=C([O-])c1ccc([N+](=O)[O-])c2c1NCC1CC=CC21. The summed E-state index contributed by atoms with van der Waals surface area (Å²) < 4.78 is 0. The molecule has 0 saturated carbocycles. The van der Waals surface area contributed by atoms with Crippen molar-refractivity contribution in [3.8, 4) is 0 Å². The monoisotopic (exact) mass is 259 g/mol. The molecule has 0 spiro atoms. The Morgan fingerprint density at radius 3 is 2.89 bits per heavy atom. The van der Waals surface area contributed by atoms with E-state index in [1.807, 2.05) is 12.2 Å². The van der Waals surface area contributed by atoms with Crippen molar-refractivity contribution in [3.05, 3.63) is 45.5 Å². The molecule has 6 nitrogen and oxygen atoms in total. The molecule has 0 radical (unpaired) electrons. The molecule has 98 valence electrons. The number of rotatable bonds is 2. The van der Waals surface area contributed by atoms with Crippen LogP contribution in [0.2, 0.25) is 0 Å². The summed E-state index contributed by atoms with van der Waals surface area (Å²) in [6.07, 6.45) is 4.77. The van der Waals surface area contributed by atoms with Crippen molar-refractivity contribution in [2.45, 2.75) is 12.3 Å². The van der Waals surface area contributed by atoms with Crippen molar-refractivity contribution in [1.82, 2.24) is 0 Å². The predicted molar refractivity (Wildman–Crippen MR) is 65.9 cm³/mol. The Morgan fingerprint density at radius 2 is 2.21 bits per heavy atom. The van der Waals surface area contributed by atoms with Crippen molar-refractivity contribution >= 4 is 17.3 Å². The average Bonchev–Trinajstić information content (AvgIpc) is 2.85. The highest BCUT2D eigenvalue weighted by atomic mass is 16.6. The van der Waals surface area contributed by atoms with Gasteiger partial charge < -0.3 is 15.2 Å². The van der Waals surface area contributed by atoms with Gasteiger partial charge in [0.15, 0.2) is 0 Å². The Hall–Kier alpha value is -2.37. The van der Waals surface area contributed by atoms with Crippen molar-refractivity contribution < 1.29 is 14.8 Å². The van der Waals surface area contributed by atoms with E-state index in [2.05, 4.69) is 5.32 Å². The Morgan fingerprint density at radius 1 is 1.42 bits per heavy atom. The fourth-order valence-corrected chi connectivity index (χ4v) is 2.94. The van der Waals surface area contributed by atoms with E-state index in [0.717, 1.165) is 6.42 Å². The summed E-state index contributed by atoms with van der Waals surface area (Å²) in [5.41, 5.74) is 0.756. The minimum Gasteiger partial charge on any atom is -0.545 e. The van der Waals surface area contributed by atoms with Gasteiger partial charge in [-0.05, 0) is 18.4 Å². The summed E-state index contributed by atoms with van der Waals surface area (Å²) >= 11 is 0. The van der Waals surface area contributed by atoms with E-state index >= 15 is 0 Å². The zero-order valence-corrected chi connectivity index (χ0v) is 9.96. The number of nitro groups is 1. The second-order valence-electron chi connectivity index (χ2n) is 4.80. The van der Waals surface area contributed by atoms with Crippen LogP contribution >= 0.6 is 0 Å². The zero-order valence-electron chi connectivity index (χ0n) is 9.96. The van der Waals surface area contributed by atoms with E-state index in [-0.39, 0.29) is 23.1 Å². The van der Waals surface area contributed by atoms with E-state index < -0.39 is 10.9 Å². The van der Waals surface area contributed by atoms with Crippen molar-refractivity contribution in [3.63, 3.8) is 0 Å². The molecule has 1 aliphatic carbocycles. The summed E-state index contributed by atoms with van der Waals surface area (Å²) in [6, 6.07) is 2.48. The number of carboxylic acids is 1. The van der Waals surface area contributed by atoms with Crippen LogP contribution < -0.4 is 10.4 Å². The molecule has 1 aromatic carbocycles. The van der Waals surface area contributed by atoms with Crippen LogP contribution in [0.4, 0.5) is 11.4 Å². The number of anilines is 1. The van der Waals surface area contributed by atoms with Crippen molar-refractivity contribution in [2.75, 3.05) is 11.9 Å². The van der Waals surface area contributed by atoms with Gasteiger partial charge in [-0.1, -0.05) is 12.2 Å². The molecule has 1 aliphatic heterocycles. The minimum atomic E-state index is -1.32. The van der Waals surface area contributed by atoms with Gasteiger partial charge in [-0.2, -0.15) is 0 Å². The molecule has 3 rings (SSSR count). The molecule has 2 atom stereocenters. The number of nitrogens with zero attached hydrogens (tertiary/aromatic N) is 1. The van der Waals surface area contributed by atoms with Crippen LogP contribution in [0, 0.1) is 16.0 Å². The second-order valence-corrected chi connectivity index (χ2v) is 4.80. The number of hydrogen-bond acceptors (Lipinski definition) is 5. The molecular weight excluding hydrogens is 248 g/mol. The van der Waals surface area contributed by atoms with Crippen LogP contribution in [0.1, 0.15) is 28.3 Å². The Kier molecular flexibility index (Phi) is 2.51. The van der Waals surface area contributed by atoms with E-state index in [1.165, 1.54) is 12.1 Å². The average molecular weight is 259 g/mol. The van der Waals surface area contributed by atoms with E-state index in [1.54, 1.807) is 0 Å². The highest BCUT2D eigenvalue weighted by Gasteiger charge is 2.36. The number of benzene rings is 1. The van der Waals surface area contributed by atoms with E-state index in [0.29, 0.717) is 17.8 Å². The van der Waals surface area contributed by atoms with Gasteiger partial charge in [0, 0.05) is 24.1 Å². The normalized spacial score (nSPS) is 23.4. The van der Waals surface area contributed by atoms with Crippen LogP contribution in [0.3, 0.4) is 0 Å². The van der Waals surface area contributed by atoms with Crippen LogP contribution in [0.15, 0.2) is 24.3 Å². The van der Waals surface area contributed by atoms with Gasteiger partial charge in [0.1, 0.15) is 0 Å². The molecule has 1 N–H and O–H groups in total.